The number of aryl methyl sites for hydroxylation is 1. The normalized spacial score (nSPS) is 12.4. The van der Waals surface area contributed by atoms with Crippen LogP contribution in [0.15, 0.2) is 36.5 Å². The molecule has 0 aliphatic heterocycles. The minimum atomic E-state index is -0.241. The van der Waals surface area contributed by atoms with Crippen molar-refractivity contribution in [1.82, 2.24) is 4.98 Å². The lowest BCUT2D eigenvalue weighted by molar-refractivity contribution is 0.111. The molecule has 4 N–H and O–H groups in total. The number of benzene rings is 1. The quantitative estimate of drug-likeness (QED) is 0.660. The number of nitrogens with two attached hydrogens (primary N) is 2. The third-order valence-electron chi connectivity index (χ3n) is 3.17. The summed E-state index contributed by atoms with van der Waals surface area (Å²) in [7, 11) is 1.50. The topological polar surface area (TPSA) is 82.0 Å². The zero-order chi connectivity index (χ0) is 16.5. The van der Waals surface area contributed by atoms with Crippen molar-refractivity contribution in [3.05, 3.63) is 59.2 Å². The van der Waals surface area contributed by atoms with E-state index in [-0.39, 0.29) is 5.82 Å². The molecule has 0 saturated heterocycles. The van der Waals surface area contributed by atoms with Gasteiger partial charge in [-0.25, -0.2) is 4.39 Å². The minimum absolute atomic E-state index is 0.241. The summed E-state index contributed by atoms with van der Waals surface area (Å²) in [5.41, 5.74) is 12.7. The van der Waals surface area contributed by atoms with Crippen LogP contribution in [0.2, 0.25) is 0 Å². The van der Waals surface area contributed by atoms with Crippen LogP contribution in [0.1, 0.15) is 40.4 Å². The van der Waals surface area contributed by atoms with E-state index in [2.05, 4.69) is 10.7 Å². The van der Waals surface area contributed by atoms with Crippen molar-refractivity contribution >= 4 is 12.0 Å². The first-order chi connectivity index (χ1) is 10.6. The number of hydrogen-bond acceptors (Lipinski definition) is 4. The van der Waals surface area contributed by atoms with Gasteiger partial charge in [0.2, 0.25) is 0 Å². The molecule has 3 rings (SSSR count). The summed E-state index contributed by atoms with van der Waals surface area (Å²) < 4.78 is 12.5. The van der Waals surface area contributed by atoms with Crippen molar-refractivity contribution < 1.29 is 9.18 Å². The maximum Gasteiger partial charge on any atom is 0.168 e. The molecule has 1 heterocycles. The van der Waals surface area contributed by atoms with Gasteiger partial charge >= 0.3 is 0 Å². The fourth-order valence-corrected chi connectivity index (χ4v) is 1.81. The van der Waals surface area contributed by atoms with E-state index < -0.39 is 0 Å². The Kier molecular flexibility index (Phi) is 7.19. The second kappa shape index (κ2) is 8.89. The first kappa shape index (κ1) is 17.8. The molecule has 1 fully saturated rings. The van der Waals surface area contributed by atoms with Crippen LogP contribution in [0.3, 0.4) is 0 Å². The molecule has 0 bridgehead atoms. The van der Waals surface area contributed by atoms with Gasteiger partial charge in [-0.15, -0.1) is 0 Å². The molecule has 22 heavy (non-hydrogen) atoms. The van der Waals surface area contributed by atoms with Crippen molar-refractivity contribution in [1.29, 1.82) is 0 Å². The van der Waals surface area contributed by atoms with Gasteiger partial charge in [-0.2, -0.15) is 0 Å². The fraction of sp³-hybridized carbons (Fsp3) is 0.294. The highest BCUT2D eigenvalue weighted by atomic mass is 19.1. The van der Waals surface area contributed by atoms with Crippen molar-refractivity contribution in [3.63, 3.8) is 0 Å². The average molecular weight is 303 g/mol. The summed E-state index contributed by atoms with van der Waals surface area (Å²) in [5.74, 6) is 0.465. The molecule has 0 radical (unpaired) electrons. The predicted octanol–water partition coefficient (Wildman–Crippen LogP) is 3.06. The lowest BCUT2D eigenvalue weighted by Gasteiger charge is -1.95. The highest BCUT2D eigenvalue weighted by molar-refractivity contribution is 5.71. The summed E-state index contributed by atoms with van der Waals surface area (Å²) in [6, 6.07) is 8.52. The molecule has 0 spiro atoms. The van der Waals surface area contributed by atoms with Gasteiger partial charge in [-0.05, 0) is 68.1 Å². The number of aldehydes is 1. The largest absolute Gasteiger partial charge is 0.399 e. The van der Waals surface area contributed by atoms with Gasteiger partial charge in [-0.1, -0.05) is 6.07 Å². The van der Waals surface area contributed by atoms with Crippen molar-refractivity contribution in [2.75, 3.05) is 12.8 Å². The van der Waals surface area contributed by atoms with Gasteiger partial charge < -0.3 is 11.5 Å². The lowest BCUT2D eigenvalue weighted by Crippen LogP contribution is -1.87. The van der Waals surface area contributed by atoms with E-state index in [0.717, 1.165) is 6.29 Å². The molecule has 1 aliphatic rings. The molecular weight excluding hydrogens is 281 g/mol. The van der Waals surface area contributed by atoms with E-state index in [9.17, 15) is 9.18 Å². The molecule has 2 aromatic rings. The van der Waals surface area contributed by atoms with E-state index in [1.807, 2.05) is 12.1 Å². The monoisotopic (exact) mass is 303 g/mol. The average Bonchev–Trinajstić information content (AvgIpc) is 3.39. The SMILES string of the molecule is CN.Cc1ccc(N)cc1F.O=Cc1cc(C2CC2)ccn1. The Labute approximate surface area is 130 Å². The van der Waals surface area contributed by atoms with Gasteiger partial charge in [0.1, 0.15) is 11.5 Å². The highest BCUT2D eigenvalue weighted by Gasteiger charge is 2.23. The van der Waals surface area contributed by atoms with Crippen LogP contribution in [-0.2, 0) is 0 Å². The van der Waals surface area contributed by atoms with E-state index in [1.54, 1.807) is 25.3 Å². The molecule has 1 saturated carbocycles. The number of pyridine rings is 1. The van der Waals surface area contributed by atoms with E-state index >= 15 is 0 Å². The maximum absolute atomic E-state index is 12.5. The van der Waals surface area contributed by atoms with Crippen LogP contribution in [0, 0.1) is 12.7 Å². The first-order valence-corrected chi connectivity index (χ1v) is 7.10. The third kappa shape index (κ3) is 5.61. The van der Waals surface area contributed by atoms with Gasteiger partial charge in [0, 0.05) is 11.9 Å². The molecule has 1 aromatic carbocycles. The minimum Gasteiger partial charge on any atom is -0.399 e. The van der Waals surface area contributed by atoms with E-state index in [0.29, 0.717) is 22.9 Å². The van der Waals surface area contributed by atoms with Gasteiger partial charge in [0.15, 0.2) is 6.29 Å². The van der Waals surface area contributed by atoms with Crippen molar-refractivity contribution in [2.24, 2.45) is 5.73 Å². The molecular formula is C17H22FN3O. The standard InChI is InChI=1S/C9H9NO.C7H8FN.CH5N/c11-6-9-5-8(3-4-10-9)7-1-2-7;1-5-2-3-6(9)4-7(5)8;1-2/h3-7H,1-2H2;2-4H,9H2,1H3;2H2,1H3. The van der Waals surface area contributed by atoms with Crippen LogP contribution < -0.4 is 11.5 Å². The Morgan fingerprint density at radius 3 is 2.41 bits per heavy atom. The van der Waals surface area contributed by atoms with Crippen molar-refractivity contribution in [3.8, 4) is 0 Å². The number of hydrogen-bond donors (Lipinski definition) is 2. The third-order valence-corrected chi connectivity index (χ3v) is 3.17. The number of rotatable bonds is 2. The van der Waals surface area contributed by atoms with Crippen molar-refractivity contribution in [2.45, 2.75) is 25.7 Å². The number of carbonyl (C=O) groups is 1. The molecule has 4 nitrogen and oxygen atoms in total. The Morgan fingerprint density at radius 1 is 1.23 bits per heavy atom. The summed E-state index contributed by atoms with van der Waals surface area (Å²) in [6.45, 7) is 1.70. The molecule has 118 valence electrons. The van der Waals surface area contributed by atoms with Crippen LogP contribution >= 0.6 is 0 Å². The zero-order valence-electron chi connectivity index (χ0n) is 12.9. The summed E-state index contributed by atoms with van der Waals surface area (Å²) in [4.78, 5) is 14.2. The Bertz CT molecular complexity index is 613. The van der Waals surface area contributed by atoms with E-state index in [4.69, 9.17) is 5.73 Å². The predicted molar refractivity (Wildman–Crippen MR) is 87.3 cm³/mol. The maximum atomic E-state index is 12.5. The van der Waals surface area contributed by atoms with Crippen LogP contribution in [0.4, 0.5) is 10.1 Å². The van der Waals surface area contributed by atoms with Crippen LogP contribution in [0.25, 0.3) is 0 Å². The number of aromatic nitrogens is 1. The number of carbonyl (C=O) groups excluding carboxylic acids is 1. The van der Waals surface area contributed by atoms with Gasteiger partial charge in [0.05, 0.1) is 0 Å². The first-order valence-electron chi connectivity index (χ1n) is 7.10. The number of nitrogens with zero attached hydrogens (tertiary/aromatic N) is 1. The Hall–Kier alpha value is -2.27. The van der Waals surface area contributed by atoms with Gasteiger partial charge in [0.25, 0.3) is 0 Å². The zero-order valence-corrected chi connectivity index (χ0v) is 12.9. The van der Waals surface area contributed by atoms with Gasteiger partial charge in [-0.3, -0.25) is 9.78 Å². The molecule has 1 aromatic heterocycles. The Balaban J connectivity index is 0.000000202. The summed E-state index contributed by atoms with van der Waals surface area (Å²) in [6.07, 6.45) is 5.04. The smallest absolute Gasteiger partial charge is 0.168 e. The second-order valence-corrected chi connectivity index (χ2v) is 4.91. The number of nitrogen functional groups attached to an aromatic ring is 1. The molecule has 5 heteroatoms. The molecule has 0 unspecified atom stereocenters. The lowest BCUT2D eigenvalue weighted by atomic mass is 10.1. The summed E-state index contributed by atoms with van der Waals surface area (Å²) >= 11 is 0. The molecule has 1 aliphatic carbocycles. The highest BCUT2D eigenvalue weighted by Crippen LogP contribution is 2.39. The van der Waals surface area contributed by atoms with E-state index in [1.165, 1.54) is 31.5 Å². The summed E-state index contributed by atoms with van der Waals surface area (Å²) in [5, 5.41) is 0. The van der Waals surface area contributed by atoms with Crippen LogP contribution in [0.5, 0.6) is 0 Å². The second-order valence-electron chi connectivity index (χ2n) is 4.91. The number of halogens is 1. The Morgan fingerprint density at radius 2 is 1.91 bits per heavy atom. The van der Waals surface area contributed by atoms with Crippen LogP contribution in [-0.4, -0.2) is 18.3 Å². The molecule has 0 atom stereocenters. The fourth-order valence-electron chi connectivity index (χ4n) is 1.81. The molecule has 0 amide bonds. The number of anilines is 1.